The molecular formula is C30H33F4N3O3. The van der Waals surface area contributed by atoms with Crippen molar-refractivity contribution in [2.75, 3.05) is 11.4 Å². The van der Waals surface area contributed by atoms with E-state index in [1.54, 1.807) is 6.07 Å². The smallest absolute Gasteiger partial charge is 0.475 e. The van der Waals surface area contributed by atoms with Gasteiger partial charge in [0.2, 0.25) is 5.91 Å². The third-order valence-electron chi connectivity index (χ3n) is 7.72. The molecule has 0 radical (unpaired) electrons. The van der Waals surface area contributed by atoms with Crippen molar-refractivity contribution in [3.63, 3.8) is 0 Å². The predicted octanol–water partition coefficient (Wildman–Crippen LogP) is 6.39. The molecule has 3 aromatic rings. The molecular weight excluding hydrogens is 526 g/mol. The third-order valence-corrected chi connectivity index (χ3v) is 7.72. The second-order valence-corrected chi connectivity index (χ2v) is 10.7. The topological polar surface area (TPSA) is 96.5 Å². The van der Waals surface area contributed by atoms with Gasteiger partial charge < -0.3 is 15.7 Å². The van der Waals surface area contributed by atoms with Crippen LogP contribution >= 0.6 is 0 Å². The number of aliphatic carboxylic acids is 1. The molecule has 0 spiro atoms. The number of alkyl halides is 3. The number of benzene rings is 2. The highest BCUT2D eigenvalue weighted by Gasteiger charge is 2.47. The Morgan fingerprint density at radius 1 is 1.10 bits per heavy atom. The number of hydrogen-bond acceptors (Lipinski definition) is 4. The van der Waals surface area contributed by atoms with E-state index in [9.17, 15) is 22.4 Å². The molecule has 0 bridgehead atoms. The van der Waals surface area contributed by atoms with Crippen LogP contribution in [-0.4, -0.2) is 40.7 Å². The second kappa shape index (κ2) is 11.9. The van der Waals surface area contributed by atoms with Crippen molar-refractivity contribution in [1.82, 2.24) is 4.98 Å². The summed E-state index contributed by atoms with van der Waals surface area (Å²) in [7, 11) is 0. The van der Waals surface area contributed by atoms with E-state index in [0.717, 1.165) is 29.6 Å². The van der Waals surface area contributed by atoms with Gasteiger partial charge in [-0.2, -0.15) is 13.2 Å². The van der Waals surface area contributed by atoms with E-state index < -0.39 is 12.1 Å². The predicted molar refractivity (Wildman–Crippen MR) is 144 cm³/mol. The molecule has 2 aromatic carbocycles. The molecule has 10 heteroatoms. The van der Waals surface area contributed by atoms with Gasteiger partial charge >= 0.3 is 12.1 Å². The zero-order valence-corrected chi connectivity index (χ0v) is 22.4. The number of anilines is 1. The Kier molecular flexibility index (Phi) is 8.77. The van der Waals surface area contributed by atoms with Gasteiger partial charge in [-0.3, -0.25) is 9.78 Å². The van der Waals surface area contributed by atoms with Crippen LogP contribution in [0.4, 0.5) is 23.2 Å². The Bertz CT molecular complexity index is 1360. The normalized spacial score (nSPS) is 19.8. The van der Waals surface area contributed by atoms with Crippen molar-refractivity contribution in [3.8, 4) is 0 Å². The lowest BCUT2D eigenvalue weighted by Crippen LogP contribution is -2.45. The molecule has 4 atom stereocenters. The van der Waals surface area contributed by atoms with Crippen LogP contribution in [0.3, 0.4) is 0 Å². The number of fused-ring (bicyclic) bond motifs is 1. The van der Waals surface area contributed by atoms with E-state index in [2.05, 4.69) is 49.2 Å². The highest BCUT2D eigenvalue weighted by Crippen LogP contribution is 2.48. The first kappa shape index (κ1) is 29.5. The van der Waals surface area contributed by atoms with E-state index in [1.165, 1.54) is 36.1 Å². The maximum atomic E-state index is 13.7. The molecule has 0 unspecified atom stereocenters. The Morgan fingerprint density at radius 2 is 1.75 bits per heavy atom. The van der Waals surface area contributed by atoms with Crippen LogP contribution in [-0.2, 0) is 9.59 Å². The minimum Gasteiger partial charge on any atom is -0.475 e. The van der Waals surface area contributed by atoms with Crippen molar-refractivity contribution in [2.24, 2.45) is 17.6 Å². The van der Waals surface area contributed by atoms with Gasteiger partial charge in [0.1, 0.15) is 5.82 Å². The fourth-order valence-electron chi connectivity index (χ4n) is 4.71. The van der Waals surface area contributed by atoms with Gasteiger partial charge in [-0.25, -0.2) is 9.18 Å². The fraction of sp³-hybridized carbons (Fsp3) is 0.433. The van der Waals surface area contributed by atoms with Crippen LogP contribution < -0.4 is 10.6 Å². The monoisotopic (exact) mass is 559 g/mol. The molecule has 1 aromatic heterocycles. The number of halogens is 4. The summed E-state index contributed by atoms with van der Waals surface area (Å²) >= 11 is 0. The standard InChI is InChI=1S/C28H32FN3O.C2HF3O2/c1-3-17(2)26(30)16-32(28(33)25-14-24(25)27-11-9-22(29)15-31-27)23-10-8-20-12-19(18-4-5-18)6-7-21(20)13-23;3-2(4,5)1(6)7/h6-13,15,17-18,24-26H,3-5,14,16,30H2,1-2H3;(H,6,7)/t17-,24+,25+,26+;/m0./s1. The summed E-state index contributed by atoms with van der Waals surface area (Å²) in [4.78, 5) is 28.6. The van der Waals surface area contributed by atoms with E-state index in [-0.39, 0.29) is 29.6 Å². The van der Waals surface area contributed by atoms with E-state index in [0.29, 0.717) is 18.4 Å². The molecule has 0 aliphatic heterocycles. The Balaban J connectivity index is 0.000000470. The first-order valence-electron chi connectivity index (χ1n) is 13.4. The average Bonchev–Trinajstić information content (AvgIpc) is 3.85. The number of hydrogen-bond donors (Lipinski definition) is 2. The highest BCUT2D eigenvalue weighted by molar-refractivity contribution is 5.99. The first-order valence-corrected chi connectivity index (χ1v) is 13.4. The van der Waals surface area contributed by atoms with Crippen LogP contribution in [0.25, 0.3) is 10.8 Å². The van der Waals surface area contributed by atoms with E-state index >= 15 is 0 Å². The number of nitrogens with zero attached hydrogens (tertiary/aromatic N) is 2. The first-order chi connectivity index (χ1) is 18.9. The number of nitrogens with two attached hydrogens (primary N) is 1. The van der Waals surface area contributed by atoms with Gasteiger partial charge in [0, 0.05) is 35.8 Å². The van der Waals surface area contributed by atoms with Gasteiger partial charge in [0.05, 0.1) is 6.20 Å². The molecule has 40 heavy (non-hydrogen) atoms. The number of amides is 1. The van der Waals surface area contributed by atoms with Crippen molar-refractivity contribution in [3.05, 3.63) is 71.8 Å². The van der Waals surface area contributed by atoms with Gasteiger partial charge in [-0.15, -0.1) is 0 Å². The summed E-state index contributed by atoms with van der Waals surface area (Å²) in [6.45, 7) is 4.75. The molecule has 0 saturated heterocycles. The van der Waals surface area contributed by atoms with Crippen LogP contribution in [0.1, 0.15) is 62.6 Å². The minimum atomic E-state index is -5.08. The second-order valence-electron chi connectivity index (χ2n) is 10.7. The fourth-order valence-corrected chi connectivity index (χ4v) is 4.71. The summed E-state index contributed by atoms with van der Waals surface area (Å²) in [5, 5.41) is 9.47. The van der Waals surface area contributed by atoms with Gasteiger partial charge in [0.25, 0.3) is 0 Å². The highest BCUT2D eigenvalue weighted by atomic mass is 19.4. The maximum Gasteiger partial charge on any atom is 0.490 e. The number of carboxylic acid groups (broad SMARTS) is 1. The number of carboxylic acids is 1. The third kappa shape index (κ3) is 7.15. The van der Waals surface area contributed by atoms with Crippen LogP contribution in [0.15, 0.2) is 54.7 Å². The molecule has 1 heterocycles. The molecule has 2 aliphatic carbocycles. The SMILES string of the molecule is CC[C@H](C)[C@H](N)CN(C(=O)[C@@H]1C[C@H]1c1ccc(F)cn1)c1ccc2cc(C3CC3)ccc2c1.O=C(O)C(F)(F)F. The Hall–Kier alpha value is -3.53. The number of rotatable bonds is 8. The zero-order chi connectivity index (χ0) is 29.2. The van der Waals surface area contributed by atoms with Gasteiger partial charge in [-0.1, -0.05) is 44.5 Å². The number of aromatic nitrogens is 1. The molecule has 2 saturated carbocycles. The van der Waals surface area contributed by atoms with Crippen LogP contribution in [0.2, 0.25) is 0 Å². The zero-order valence-electron chi connectivity index (χ0n) is 22.4. The molecule has 2 aliphatic rings. The lowest BCUT2D eigenvalue weighted by Gasteiger charge is -2.29. The minimum absolute atomic E-state index is 0.0435. The van der Waals surface area contributed by atoms with Gasteiger partial charge in [-0.05, 0) is 71.7 Å². The molecule has 6 nitrogen and oxygen atoms in total. The van der Waals surface area contributed by atoms with E-state index in [4.69, 9.17) is 15.6 Å². The lowest BCUT2D eigenvalue weighted by molar-refractivity contribution is -0.192. The van der Waals surface area contributed by atoms with Crippen molar-refractivity contribution in [1.29, 1.82) is 0 Å². The van der Waals surface area contributed by atoms with Crippen LogP contribution in [0, 0.1) is 17.7 Å². The molecule has 3 N–H and O–H groups in total. The maximum absolute atomic E-state index is 13.7. The Labute approximate surface area is 230 Å². The summed E-state index contributed by atoms with van der Waals surface area (Å²) < 4.78 is 45.0. The van der Waals surface area contributed by atoms with E-state index in [1.807, 2.05) is 11.0 Å². The number of carbonyl (C=O) groups is 2. The molecule has 2 fully saturated rings. The largest absolute Gasteiger partial charge is 0.490 e. The lowest BCUT2D eigenvalue weighted by atomic mass is 9.98. The van der Waals surface area contributed by atoms with Crippen molar-refractivity contribution in [2.45, 2.75) is 63.6 Å². The summed E-state index contributed by atoms with van der Waals surface area (Å²) in [6.07, 6.45) is 0.419. The number of carbonyl (C=O) groups excluding carboxylic acids is 1. The summed E-state index contributed by atoms with van der Waals surface area (Å²) in [5.74, 6) is -2.10. The quantitative estimate of drug-likeness (QED) is 0.312. The molecule has 214 valence electrons. The van der Waals surface area contributed by atoms with Crippen molar-refractivity contribution >= 4 is 28.3 Å². The summed E-state index contributed by atoms with van der Waals surface area (Å²) in [6, 6.07) is 16.0. The average molecular weight is 560 g/mol. The number of pyridine rings is 1. The molecule has 1 amide bonds. The van der Waals surface area contributed by atoms with Crippen LogP contribution in [0.5, 0.6) is 0 Å². The van der Waals surface area contributed by atoms with Crippen molar-refractivity contribution < 1.29 is 32.3 Å². The summed E-state index contributed by atoms with van der Waals surface area (Å²) in [5.41, 5.74) is 9.60. The Morgan fingerprint density at radius 3 is 2.33 bits per heavy atom. The molecule has 5 rings (SSSR count). The van der Waals surface area contributed by atoms with Gasteiger partial charge in [0.15, 0.2) is 0 Å².